The van der Waals surface area contributed by atoms with Gasteiger partial charge in [-0.15, -0.1) is 0 Å². The third kappa shape index (κ3) is 3.17. The van der Waals surface area contributed by atoms with Gasteiger partial charge >= 0.3 is 0 Å². The molecule has 0 spiro atoms. The summed E-state index contributed by atoms with van der Waals surface area (Å²) in [6, 6.07) is 15.2. The number of nitrogens with one attached hydrogen (secondary N) is 1. The molecule has 94 valence electrons. The van der Waals surface area contributed by atoms with Gasteiger partial charge in [-0.05, 0) is 43.1 Å². The molecule has 1 atom stereocenters. The van der Waals surface area contributed by atoms with Gasteiger partial charge in [0.05, 0.1) is 11.7 Å². The van der Waals surface area contributed by atoms with Gasteiger partial charge in [0.15, 0.2) is 0 Å². The van der Waals surface area contributed by atoms with Gasteiger partial charge in [-0.1, -0.05) is 37.3 Å². The molecule has 1 aromatic carbocycles. The van der Waals surface area contributed by atoms with Crippen molar-refractivity contribution in [3.05, 3.63) is 65.5 Å². The highest BCUT2D eigenvalue weighted by atomic mass is 14.9. The fraction of sp³-hybridized carbons (Fsp3) is 0.312. The van der Waals surface area contributed by atoms with Gasteiger partial charge in [0.1, 0.15) is 0 Å². The molecular weight excluding hydrogens is 220 g/mol. The van der Waals surface area contributed by atoms with Gasteiger partial charge in [0, 0.05) is 6.20 Å². The van der Waals surface area contributed by atoms with Crippen molar-refractivity contribution in [3.8, 4) is 0 Å². The van der Waals surface area contributed by atoms with Crippen LogP contribution in [0.1, 0.15) is 29.8 Å². The van der Waals surface area contributed by atoms with Crippen LogP contribution in [0, 0.1) is 0 Å². The van der Waals surface area contributed by atoms with E-state index in [1.54, 1.807) is 0 Å². The zero-order valence-electron chi connectivity index (χ0n) is 11.1. The summed E-state index contributed by atoms with van der Waals surface area (Å²) in [4.78, 5) is 4.42. The molecule has 0 aliphatic heterocycles. The minimum Gasteiger partial charge on any atom is -0.311 e. The van der Waals surface area contributed by atoms with Gasteiger partial charge in [-0.3, -0.25) is 4.98 Å². The van der Waals surface area contributed by atoms with Crippen LogP contribution in [0.3, 0.4) is 0 Å². The van der Waals surface area contributed by atoms with Crippen LogP contribution < -0.4 is 5.32 Å². The number of aryl methyl sites for hydroxylation is 1. The van der Waals surface area contributed by atoms with E-state index >= 15 is 0 Å². The average Bonchev–Trinajstić information content (AvgIpc) is 2.46. The van der Waals surface area contributed by atoms with Crippen LogP contribution in [0.25, 0.3) is 0 Å². The third-order valence-electron chi connectivity index (χ3n) is 3.26. The van der Waals surface area contributed by atoms with Crippen molar-refractivity contribution in [3.63, 3.8) is 0 Å². The first-order valence-electron chi connectivity index (χ1n) is 6.49. The van der Waals surface area contributed by atoms with Gasteiger partial charge in [-0.2, -0.15) is 0 Å². The fourth-order valence-corrected chi connectivity index (χ4v) is 2.08. The zero-order valence-corrected chi connectivity index (χ0v) is 11.1. The molecular formula is C16H20N2. The van der Waals surface area contributed by atoms with E-state index in [0.717, 1.165) is 18.5 Å². The molecule has 2 nitrogen and oxygen atoms in total. The summed E-state index contributed by atoms with van der Waals surface area (Å²) in [6.45, 7) is 2.18. The van der Waals surface area contributed by atoms with E-state index in [0.29, 0.717) is 0 Å². The van der Waals surface area contributed by atoms with Crippen molar-refractivity contribution in [2.24, 2.45) is 0 Å². The minimum absolute atomic E-state index is 0.277. The lowest BCUT2D eigenvalue weighted by atomic mass is 10.0. The van der Waals surface area contributed by atoms with E-state index in [9.17, 15) is 0 Å². The Balaban J connectivity index is 2.10. The van der Waals surface area contributed by atoms with E-state index in [1.165, 1.54) is 11.1 Å². The highest BCUT2D eigenvalue weighted by molar-refractivity contribution is 5.24. The Labute approximate surface area is 109 Å². The second-order valence-corrected chi connectivity index (χ2v) is 4.47. The molecule has 1 N–H and O–H groups in total. The number of nitrogens with zero attached hydrogens (tertiary/aromatic N) is 1. The van der Waals surface area contributed by atoms with Crippen molar-refractivity contribution in [2.45, 2.75) is 25.8 Å². The van der Waals surface area contributed by atoms with Crippen LogP contribution >= 0.6 is 0 Å². The summed E-state index contributed by atoms with van der Waals surface area (Å²) < 4.78 is 0. The fourth-order valence-electron chi connectivity index (χ4n) is 2.08. The van der Waals surface area contributed by atoms with Crippen LogP contribution in [0.2, 0.25) is 0 Å². The summed E-state index contributed by atoms with van der Waals surface area (Å²) in [5, 5.41) is 3.33. The summed E-state index contributed by atoms with van der Waals surface area (Å²) in [5.41, 5.74) is 3.83. The highest BCUT2D eigenvalue weighted by Gasteiger charge is 2.10. The number of aromatic nitrogens is 1. The molecule has 0 fully saturated rings. The number of likely N-dealkylation sites (N-methyl/N-ethyl adjacent to an activating group) is 1. The maximum absolute atomic E-state index is 4.42. The van der Waals surface area contributed by atoms with Crippen molar-refractivity contribution >= 4 is 0 Å². The van der Waals surface area contributed by atoms with Gasteiger partial charge in [0.2, 0.25) is 0 Å². The number of pyridine rings is 1. The van der Waals surface area contributed by atoms with Crippen molar-refractivity contribution in [2.75, 3.05) is 7.05 Å². The SMILES string of the molecule is CCc1ccc(CC(NC)c2ccccn2)cc1. The Morgan fingerprint density at radius 2 is 1.78 bits per heavy atom. The topological polar surface area (TPSA) is 24.9 Å². The predicted molar refractivity (Wildman–Crippen MR) is 75.6 cm³/mol. The summed E-state index contributed by atoms with van der Waals surface area (Å²) in [7, 11) is 1.99. The first kappa shape index (κ1) is 12.8. The Bertz CT molecular complexity index is 462. The van der Waals surface area contributed by atoms with E-state index in [2.05, 4.69) is 47.6 Å². The zero-order chi connectivity index (χ0) is 12.8. The second kappa shape index (κ2) is 6.31. The molecule has 0 aliphatic rings. The van der Waals surface area contributed by atoms with Crippen LogP contribution in [0.15, 0.2) is 48.7 Å². The van der Waals surface area contributed by atoms with E-state index < -0.39 is 0 Å². The van der Waals surface area contributed by atoms with Crippen LogP contribution in [-0.4, -0.2) is 12.0 Å². The van der Waals surface area contributed by atoms with Crippen LogP contribution in [-0.2, 0) is 12.8 Å². The molecule has 0 bridgehead atoms. The molecule has 0 saturated heterocycles. The number of benzene rings is 1. The minimum atomic E-state index is 0.277. The van der Waals surface area contributed by atoms with E-state index in [-0.39, 0.29) is 6.04 Å². The predicted octanol–water partition coefficient (Wildman–Crippen LogP) is 3.15. The Hall–Kier alpha value is -1.67. The molecule has 2 rings (SSSR count). The molecule has 2 aromatic rings. The lowest BCUT2D eigenvalue weighted by molar-refractivity contribution is 0.576. The quantitative estimate of drug-likeness (QED) is 0.868. The molecule has 1 heterocycles. The van der Waals surface area contributed by atoms with Crippen LogP contribution in [0.4, 0.5) is 0 Å². The Morgan fingerprint density at radius 1 is 1.06 bits per heavy atom. The monoisotopic (exact) mass is 240 g/mol. The maximum Gasteiger partial charge on any atom is 0.0576 e. The number of rotatable bonds is 5. The second-order valence-electron chi connectivity index (χ2n) is 4.47. The molecule has 18 heavy (non-hydrogen) atoms. The largest absolute Gasteiger partial charge is 0.311 e. The lowest BCUT2D eigenvalue weighted by Crippen LogP contribution is -2.19. The van der Waals surface area contributed by atoms with Crippen LogP contribution in [0.5, 0.6) is 0 Å². The van der Waals surface area contributed by atoms with Crippen molar-refractivity contribution in [1.82, 2.24) is 10.3 Å². The van der Waals surface area contributed by atoms with Gasteiger partial charge in [0.25, 0.3) is 0 Å². The van der Waals surface area contributed by atoms with Gasteiger partial charge in [-0.25, -0.2) is 0 Å². The molecule has 1 aromatic heterocycles. The Morgan fingerprint density at radius 3 is 2.33 bits per heavy atom. The first-order valence-corrected chi connectivity index (χ1v) is 6.49. The summed E-state index contributed by atoms with van der Waals surface area (Å²) in [5.74, 6) is 0. The molecule has 2 heteroatoms. The number of hydrogen-bond donors (Lipinski definition) is 1. The number of hydrogen-bond acceptors (Lipinski definition) is 2. The Kier molecular flexibility index (Phi) is 4.48. The summed E-state index contributed by atoms with van der Waals surface area (Å²) in [6.07, 6.45) is 3.91. The molecule has 1 unspecified atom stereocenters. The summed E-state index contributed by atoms with van der Waals surface area (Å²) >= 11 is 0. The maximum atomic E-state index is 4.42. The first-order chi connectivity index (χ1) is 8.83. The molecule has 0 radical (unpaired) electrons. The van der Waals surface area contributed by atoms with Crippen molar-refractivity contribution < 1.29 is 0 Å². The standard InChI is InChI=1S/C16H20N2/c1-3-13-7-9-14(10-8-13)12-16(17-2)15-6-4-5-11-18-15/h4-11,16-17H,3,12H2,1-2H3. The van der Waals surface area contributed by atoms with Crippen molar-refractivity contribution in [1.29, 1.82) is 0 Å². The third-order valence-corrected chi connectivity index (χ3v) is 3.26. The van der Waals surface area contributed by atoms with E-state index in [1.807, 2.05) is 25.4 Å². The molecule has 0 saturated carbocycles. The van der Waals surface area contributed by atoms with Gasteiger partial charge < -0.3 is 5.32 Å². The molecule has 0 aliphatic carbocycles. The molecule has 0 amide bonds. The average molecular weight is 240 g/mol. The highest BCUT2D eigenvalue weighted by Crippen LogP contribution is 2.16. The normalized spacial score (nSPS) is 12.3. The van der Waals surface area contributed by atoms with E-state index in [4.69, 9.17) is 0 Å². The lowest BCUT2D eigenvalue weighted by Gasteiger charge is -2.15. The smallest absolute Gasteiger partial charge is 0.0576 e.